The molecule has 1 fully saturated rings. The Morgan fingerprint density at radius 1 is 1.07 bits per heavy atom. The summed E-state index contributed by atoms with van der Waals surface area (Å²) in [5.74, 6) is -0.276. The number of nitrogens with zero attached hydrogens (tertiary/aromatic N) is 2. The molecule has 0 spiro atoms. The summed E-state index contributed by atoms with van der Waals surface area (Å²) in [6.45, 7) is 3.88. The van der Waals surface area contributed by atoms with Crippen molar-refractivity contribution in [1.29, 1.82) is 0 Å². The number of amides is 1. The molecule has 27 heavy (non-hydrogen) atoms. The largest absolute Gasteiger partial charge is 0.367 e. The van der Waals surface area contributed by atoms with E-state index in [4.69, 9.17) is 11.6 Å². The molecule has 1 heterocycles. The first-order valence-electron chi connectivity index (χ1n) is 8.62. The third-order valence-electron chi connectivity index (χ3n) is 4.57. The van der Waals surface area contributed by atoms with E-state index in [0.717, 1.165) is 11.3 Å². The number of benzene rings is 2. The number of piperazine rings is 1. The molecule has 0 unspecified atom stereocenters. The lowest BCUT2D eigenvalue weighted by Gasteiger charge is -2.35. The fourth-order valence-electron chi connectivity index (χ4n) is 3.11. The molecule has 0 aromatic heterocycles. The van der Waals surface area contributed by atoms with E-state index in [0.29, 0.717) is 42.5 Å². The number of carbonyl (C=O) groups is 1. The molecule has 2 aromatic carbocycles. The van der Waals surface area contributed by atoms with Crippen LogP contribution in [0.3, 0.4) is 0 Å². The molecule has 144 valence electrons. The zero-order valence-corrected chi connectivity index (χ0v) is 16.8. The first kappa shape index (κ1) is 19.7. The average molecular weight is 408 g/mol. The van der Waals surface area contributed by atoms with Crippen molar-refractivity contribution >= 4 is 38.9 Å². The molecule has 0 saturated carbocycles. The molecular formula is C19H22ClN3O3S. The molecule has 1 aliphatic rings. The highest BCUT2D eigenvalue weighted by atomic mass is 35.5. The molecule has 0 atom stereocenters. The Morgan fingerprint density at radius 3 is 2.37 bits per heavy atom. The van der Waals surface area contributed by atoms with Crippen LogP contribution in [0.1, 0.15) is 15.9 Å². The monoisotopic (exact) mass is 407 g/mol. The quantitative estimate of drug-likeness (QED) is 0.845. The summed E-state index contributed by atoms with van der Waals surface area (Å²) in [7, 11) is -3.18. The molecule has 0 bridgehead atoms. The minimum atomic E-state index is -3.18. The van der Waals surface area contributed by atoms with Crippen molar-refractivity contribution in [3.05, 3.63) is 58.6 Å². The van der Waals surface area contributed by atoms with Crippen molar-refractivity contribution in [2.75, 3.05) is 42.7 Å². The summed E-state index contributed by atoms with van der Waals surface area (Å²) >= 11 is 6.20. The summed E-state index contributed by atoms with van der Waals surface area (Å²) in [5.41, 5.74) is 2.94. The fourth-order valence-corrected chi connectivity index (χ4v) is 4.26. The highest BCUT2D eigenvalue weighted by Crippen LogP contribution is 2.28. The van der Waals surface area contributed by atoms with Gasteiger partial charge in [0.25, 0.3) is 5.91 Å². The topological polar surface area (TPSA) is 69.7 Å². The molecule has 1 N–H and O–H groups in total. The summed E-state index contributed by atoms with van der Waals surface area (Å²) in [6.07, 6.45) is 1.22. The van der Waals surface area contributed by atoms with Gasteiger partial charge in [-0.1, -0.05) is 29.8 Å². The molecule has 3 rings (SSSR count). The molecular weight excluding hydrogens is 386 g/mol. The third-order valence-corrected chi connectivity index (χ3v) is 6.19. The van der Waals surface area contributed by atoms with Crippen LogP contribution in [0.15, 0.2) is 42.5 Å². The number of halogens is 1. The van der Waals surface area contributed by atoms with Crippen molar-refractivity contribution < 1.29 is 13.2 Å². The van der Waals surface area contributed by atoms with E-state index in [9.17, 15) is 13.2 Å². The van der Waals surface area contributed by atoms with Crippen LogP contribution < -0.4 is 10.2 Å². The Hall–Kier alpha value is -2.09. The van der Waals surface area contributed by atoms with Crippen LogP contribution >= 0.6 is 11.6 Å². The van der Waals surface area contributed by atoms with Crippen LogP contribution in [-0.2, 0) is 10.0 Å². The zero-order chi connectivity index (χ0) is 19.6. The van der Waals surface area contributed by atoms with E-state index in [2.05, 4.69) is 10.2 Å². The standard InChI is InChI=1S/C19H22ClN3O3S/c1-14-7-8-15(16(20)13-14)19(24)21-17-5-3-4-6-18(17)22-9-11-23(12-10-22)27(2,25)26/h3-8,13H,9-12H2,1-2H3,(H,21,24). The van der Waals surface area contributed by atoms with Gasteiger partial charge in [-0.2, -0.15) is 4.31 Å². The van der Waals surface area contributed by atoms with Gasteiger partial charge in [-0.3, -0.25) is 4.79 Å². The van der Waals surface area contributed by atoms with Crippen molar-refractivity contribution in [2.24, 2.45) is 0 Å². The van der Waals surface area contributed by atoms with Gasteiger partial charge in [0.15, 0.2) is 0 Å². The van der Waals surface area contributed by atoms with Gasteiger partial charge in [-0.15, -0.1) is 0 Å². The van der Waals surface area contributed by atoms with E-state index in [1.54, 1.807) is 12.1 Å². The Balaban J connectivity index is 1.78. The molecule has 0 radical (unpaired) electrons. The number of carbonyl (C=O) groups excluding carboxylic acids is 1. The summed E-state index contributed by atoms with van der Waals surface area (Å²) in [4.78, 5) is 14.7. The molecule has 1 amide bonds. The van der Waals surface area contributed by atoms with E-state index in [1.165, 1.54) is 10.6 Å². The first-order valence-corrected chi connectivity index (χ1v) is 10.8. The van der Waals surface area contributed by atoms with Crippen LogP contribution in [0.2, 0.25) is 5.02 Å². The second-order valence-electron chi connectivity index (χ2n) is 6.60. The second-order valence-corrected chi connectivity index (χ2v) is 8.99. The lowest BCUT2D eigenvalue weighted by Crippen LogP contribution is -2.48. The number of hydrogen-bond acceptors (Lipinski definition) is 4. The van der Waals surface area contributed by atoms with E-state index >= 15 is 0 Å². The summed E-state index contributed by atoms with van der Waals surface area (Å²) in [6, 6.07) is 12.8. The van der Waals surface area contributed by atoms with Crippen molar-refractivity contribution in [3.8, 4) is 0 Å². The van der Waals surface area contributed by atoms with Crippen molar-refractivity contribution in [3.63, 3.8) is 0 Å². The fraction of sp³-hybridized carbons (Fsp3) is 0.316. The van der Waals surface area contributed by atoms with Crippen LogP contribution in [0.5, 0.6) is 0 Å². The van der Waals surface area contributed by atoms with E-state index in [1.807, 2.05) is 37.3 Å². The highest BCUT2D eigenvalue weighted by molar-refractivity contribution is 7.88. The average Bonchev–Trinajstić information content (AvgIpc) is 2.61. The van der Waals surface area contributed by atoms with Gasteiger partial charge in [-0.25, -0.2) is 8.42 Å². The number of hydrogen-bond donors (Lipinski definition) is 1. The summed E-state index contributed by atoms with van der Waals surface area (Å²) in [5, 5.41) is 3.34. The van der Waals surface area contributed by atoms with Gasteiger partial charge in [0.1, 0.15) is 0 Å². The van der Waals surface area contributed by atoms with Crippen LogP contribution in [-0.4, -0.2) is 51.1 Å². The number of nitrogens with one attached hydrogen (secondary N) is 1. The number of sulfonamides is 1. The predicted octanol–water partition coefficient (Wildman–Crippen LogP) is 2.98. The Labute approximate surface area is 164 Å². The van der Waals surface area contributed by atoms with Crippen LogP contribution in [0.25, 0.3) is 0 Å². The summed E-state index contributed by atoms with van der Waals surface area (Å²) < 4.78 is 24.9. The molecule has 8 heteroatoms. The second kappa shape index (κ2) is 7.88. The maximum Gasteiger partial charge on any atom is 0.257 e. The molecule has 1 saturated heterocycles. The van der Waals surface area contributed by atoms with Crippen molar-refractivity contribution in [2.45, 2.75) is 6.92 Å². The highest BCUT2D eigenvalue weighted by Gasteiger charge is 2.25. The maximum atomic E-state index is 12.7. The predicted molar refractivity (Wildman–Crippen MR) is 109 cm³/mol. The lowest BCUT2D eigenvalue weighted by atomic mass is 10.1. The third kappa shape index (κ3) is 4.61. The maximum absolute atomic E-state index is 12.7. The lowest BCUT2D eigenvalue weighted by molar-refractivity contribution is 0.102. The van der Waals surface area contributed by atoms with Crippen LogP contribution in [0, 0.1) is 6.92 Å². The smallest absolute Gasteiger partial charge is 0.257 e. The number of rotatable bonds is 4. The van der Waals surface area contributed by atoms with Gasteiger partial charge >= 0.3 is 0 Å². The SMILES string of the molecule is Cc1ccc(C(=O)Nc2ccccc2N2CCN(S(C)(=O)=O)CC2)c(Cl)c1. The number of anilines is 2. The Morgan fingerprint density at radius 2 is 1.74 bits per heavy atom. The Bertz CT molecular complexity index is 954. The van der Waals surface area contributed by atoms with Gasteiger partial charge in [0, 0.05) is 26.2 Å². The Kier molecular flexibility index (Phi) is 5.74. The van der Waals surface area contributed by atoms with Crippen molar-refractivity contribution in [1.82, 2.24) is 4.31 Å². The van der Waals surface area contributed by atoms with E-state index < -0.39 is 10.0 Å². The molecule has 1 aliphatic heterocycles. The van der Waals surface area contributed by atoms with E-state index in [-0.39, 0.29) is 5.91 Å². The molecule has 6 nitrogen and oxygen atoms in total. The minimum absolute atomic E-state index is 0.276. The number of aryl methyl sites for hydroxylation is 1. The minimum Gasteiger partial charge on any atom is -0.367 e. The molecule has 2 aromatic rings. The van der Waals surface area contributed by atoms with Gasteiger partial charge in [0.2, 0.25) is 10.0 Å². The van der Waals surface area contributed by atoms with Gasteiger partial charge in [-0.05, 0) is 36.8 Å². The van der Waals surface area contributed by atoms with Crippen LogP contribution in [0.4, 0.5) is 11.4 Å². The van der Waals surface area contributed by atoms with Gasteiger partial charge in [0.05, 0.1) is 28.2 Å². The zero-order valence-electron chi connectivity index (χ0n) is 15.3. The molecule has 0 aliphatic carbocycles. The van der Waals surface area contributed by atoms with Gasteiger partial charge < -0.3 is 10.2 Å². The number of para-hydroxylation sites is 2. The normalized spacial score (nSPS) is 15.6. The first-order chi connectivity index (χ1) is 12.8.